The summed E-state index contributed by atoms with van der Waals surface area (Å²) in [6.07, 6.45) is 5.13. The van der Waals surface area contributed by atoms with Gasteiger partial charge in [-0.1, -0.05) is 30.6 Å². The van der Waals surface area contributed by atoms with Crippen LogP contribution in [-0.4, -0.2) is 12.1 Å². The van der Waals surface area contributed by atoms with Crippen LogP contribution in [0.2, 0.25) is 0 Å². The number of ether oxygens (including phenoxy) is 1. The number of carbonyl (C=O) groups excluding carboxylic acids is 1. The Balaban J connectivity index is 1.71. The normalized spacial score (nSPS) is 16.0. The fourth-order valence-corrected chi connectivity index (χ4v) is 3.49. The third kappa shape index (κ3) is 3.26. The molecule has 1 fully saturated rings. The molecule has 0 aliphatic heterocycles. The molecule has 21 heavy (non-hydrogen) atoms. The molecule has 1 heterocycles. The van der Waals surface area contributed by atoms with Gasteiger partial charge in [0.1, 0.15) is 5.75 Å². The summed E-state index contributed by atoms with van der Waals surface area (Å²) in [6, 6.07) is 3.58. The van der Waals surface area contributed by atoms with Gasteiger partial charge in [0, 0.05) is 12.1 Å². The number of amides is 1. The second-order valence-electron chi connectivity index (χ2n) is 5.39. The SMILES string of the molecule is Cc1cc(OC(=O)NC2CCCCC2)cc2sc(=O)oc12. The molecule has 2 aromatic rings. The summed E-state index contributed by atoms with van der Waals surface area (Å²) < 4.78 is 11.1. The van der Waals surface area contributed by atoms with Crippen LogP contribution in [0.3, 0.4) is 0 Å². The Morgan fingerprint density at radius 3 is 2.86 bits per heavy atom. The van der Waals surface area contributed by atoms with Crippen LogP contribution in [0.25, 0.3) is 10.3 Å². The summed E-state index contributed by atoms with van der Waals surface area (Å²) in [7, 11) is 0. The molecule has 0 saturated heterocycles. The molecule has 6 heteroatoms. The predicted molar refractivity (Wildman–Crippen MR) is 81.1 cm³/mol. The van der Waals surface area contributed by atoms with Gasteiger partial charge in [0.05, 0.1) is 4.70 Å². The Kier molecular flexibility index (Phi) is 3.96. The fraction of sp³-hybridized carbons (Fsp3) is 0.467. The molecule has 1 aromatic carbocycles. The van der Waals surface area contributed by atoms with Crippen molar-refractivity contribution >= 4 is 27.7 Å². The standard InChI is InChI=1S/C15H17NO4S/c1-9-7-11(8-12-13(9)20-15(18)21-12)19-14(17)16-10-5-3-2-4-6-10/h7-8,10H,2-6H2,1H3,(H,16,17). The first kappa shape index (κ1) is 14.1. The van der Waals surface area contributed by atoms with Gasteiger partial charge in [0.25, 0.3) is 0 Å². The van der Waals surface area contributed by atoms with Gasteiger partial charge in [-0.05, 0) is 31.4 Å². The maximum atomic E-state index is 11.9. The average Bonchev–Trinajstić information content (AvgIpc) is 2.81. The first-order chi connectivity index (χ1) is 10.1. The lowest BCUT2D eigenvalue weighted by molar-refractivity contribution is 0.192. The number of rotatable bonds is 2. The highest BCUT2D eigenvalue weighted by Crippen LogP contribution is 2.27. The van der Waals surface area contributed by atoms with Gasteiger partial charge >= 0.3 is 11.0 Å². The number of benzene rings is 1. The van der Waals surface area contributed by atoms with Crippen LogP contribution in [0.5, 0.6) is 5.75 Å². The van der Waals surface area contributed by atoms with Crippen molar-refractivity contribution in [2.75, 3.05) is 0 Å². The van der Waals surface area contributed by atoms with E-state index in [2.05, 4.69) is 5.32 Å². The van der Waals surface area contributed by atoms with E-state index in [0.29, 0.717) is 16.0 Å². The molecule has 0 bridgehead atoms. The van der Waals surface area contributed by atoms with E-state index in [1.54, 1.807) is 12.1 Å². The highest BCUT2D eigenvalue weighted by Gasteiger charge is 2.17. The minimum Gasteiger partial charge on any atom is -0.414 e. The fourth-order valence-electron chi connectivity index (χ4n) is 2.72. The number of fused-ring (bicyclic) bond motifs is 1. The minimum absolute atomic E-state index is 0.209. The molecule has 112 valence electrons. The third-order valence-corrected chi connectivity index (χ3v) is 4.50. The lowest BCUT2D eigenvalue weighted by Gasteiger charge is -2.22. The second kappa shape index (κ2) is 5.89. The van der Waals surface area contributed by atoms with E-state index in [9.17, 15) is 9.59 Å². The zero-order chi connectivity index (χ0) is 14.8. The van der Waals surface area contributed by atoms with Crippen LogP contribution in [0.4, 0.5) is 4.79 Å². The monoisotopic (exact) mass is 307 g/mol. The Labute approximate surface area is 125 Å². The summed E-state index contributed by atoms with van der Waals surface area (Å²) in [6.45, 7) is 1.82. The number of hydrogen-bond acceptors (Lipinski definition) is 5. The van der Waals surface area contributed by atoms with Crippen LogP contribution in [0, 0.1) is 6.92 Å². The predicted octanol–water partition coefficient (Wildman–Crippen LogP) is 3.58. The van der Waals surface area contributed by atoms with E-state index in [4.69, 9.17) is 9.15 Å². The van der Waals surface area contributed by atoms with Crippen molar-refractivity contribution in [2.24, 2.45) is 0 Å². The largest absolute Gasteiger partial charge is 0.414 e. The van der Waals surface area contributed by atoms with Crippen LogP contribution in [0.15, 0.2) is 21.3 Å². The minimum atomic E-state index is -0.434. The Morgan fingerprint density at radius 2 is 2.10 bits per heavy atom. The van der Waals surface area contributed by atoms with E-state index in [1.807, 2.05) is 6.92 Å². The molecule has 1 aromatic heterocycles. The van der Waals surface area contributed by atoms with Gasteiger partial charge in [0.2, 0.25) is 0 Å². The summed E-state index contributed by atoms with van der Waals surface area (Å²) >= 11 is 1.01. The molecule has 1 amide bonds. The topological polar surface area (TPSA) is 68.5 Å². The van der Waals surface area contributed by atoms with Gasteiger partial charge in [-0.15, -0.1) is 0 Å². The molecule has 1 aliphatic rings. The van der Waals surface area contributed by atoms with E-state index in [1.165, 1.54) is 6.42 Å². The quantitative estimate of drug-likeness (QED) is 0.920. The average molecular weight is 307 g/mol. The van der Waals surface area contributed by atoms with Gasteiger partial charge < -0.3 is 14.5 Å². The van der Waals surface area contributed by atoms with Gasteiger partial charge in [0.15, 0.2) is 5.58 Å². The highest BCUT2D eigenvalue weighted by molar-refractivity contribution is 7.16. The molecule has 0 spiro atoms. The van der Waals surface area contributed by atoms with Gasteiger partial charge in [-0.2, -0.15) is 0 Å². The zero-order valence-corrected chi connectivity index (χ0v) is 12.6. The van der Waals surface area contributed by atoms with Crippen LogP contribution in [-0.2, 0) is 0 Å². The molecule has 5 nitrogen and oxygen atoms in total. The zero-order valence-electron chi connectivity index (χ0n) is 11.8. The molecular formula is C15H17NO4S. The van der Waals surface area contributed by atoms with Crippen molar-refractivity contribution in [3.63, 3.8) is 0 Å². The molecule has 3 rings (SSSR count). The highest BCUT2D eigenvalue weighted by atomic mass is 32.1. The molecule has 0 unspecified atom stereocenters. The Morgan fingerprint density at radius 1 is 1.33 bits per heavy atom. The smallest absolute Gasteiger partial charge is 0.412 e. The molecule has 1 aliphatic carbocycles. The Hall–Kier alpha value is -1.82. The summed E-state index contributed by atoms with van der Waals surface area (Å²) in [5.41, 5.74) is 1.34. The first-order valence-corrected chi connectivity index (χ1v) is 7.96. The number of carbonyl (C=O) groups is 1. The van der Waals surface area contributed by atoms with Crippen LogP contribution in [0.1, 0.15) is 37.7 Å². The second-order valence-corrected chi connectivity index (χ2v) is 6.37. The van der Waals surface area contributed by atoms with Crippen molar-refractivity contribution in [3.8, 4) is 5.75 Å². The van der Waals surface area contributed by atoms with Crippen molar-refractivity contribution in [1.82, 2.24) is 5.32 Å². The van der Waals surface area contributed by atoms with E-state index >= 15 is 0 Å². The van der Waals surface area contributed by atoms with Crippen molar-refractivity contribution in [2.45, 2.75) is 45.1 Å². The third-order valence-electron chi connectivity index (χ3n) is 3.73. The summed E-state index contributed by atoms with van der Waals surface area (Å²) in [4.78, 5) is 22.8. The molecular weight excluding hydrogens is 290 g/mol. The molecule has 1 saturated carbocycles. The van der Waals surface area contributed by atoms with Crippen LogP contribution >= 0.6 is 11.3 Å². The molecule has 0 radical (unpaired) electrons. The number of aryl methyl sites for hydroxylation is 1. The van der Waals surface area contributed by atoms with E-state index in [0.717, 1.165) is 42.6 Å². The van der Waals surface area contributed by atoms with Gasteiger partial charge in [-0.3, -0.25) is 0 Å². The summed E-state index contributed by atoms with van der Waals surface area (Å²) in [5, 5.41) is 2.90. The van der Waals surface area contributed by atoms with Gasteiger partial charge in [-0.25, -0.2) is 9.59 Å². The first-order valence-electron chi connectivity index (χ1n) is 7.14. The molecule has 0 atom stereocenters. The van der Waals surface area contributed by atoms with Crippen molar-refractivity contribution < 1.29 is 13.9 Å². The lowest BCUT2D eigenvalue weighted by Crippen LogP contribution is -2.38. The van der Waals surface area contributed by atoms with E-state index in [-0.39, 0.29) is 11.0 Å². The number of hydrogen-bond donors (Lipinski definition) is 1. The van der Waals surface area contributed by atoms with Crippen molar-refractivity contribution in [1.29, 1.82) is 0 Å². The lowest BCUT2D eigenvalue weighted by atomic mass is 9.96. The number of nitrogens with one attached hydrogen (secondary N) is 1. The maximum Gasteiger partial charge on any atom is 0.412 e. The Bertz CT molecular complexity index is 712. The van der Waals surface area contributed by atoms with Crippen LogP contribution < -0.4 is 15.0 Å². The summed E-state index contributed by atoms with van der Waals surface area (Å²) in [5.74, 6) is 0.436. The van der Waals surface area contributed by atoms with E-state index < -0.39 is 6.09 Å². The maximum absolute atomic E-state index is 11.9. The van der Waals surface area contributed by atoms with Crippen molar-refractivity contribution in [3.05, 3.63) is 27.4 Å². The molecule has 1 N–H and O–H groups in total.